The van der Waals surface area contributed by atoms with E-state index in [1.54, 1.807) is 29.8 Å². The molecule has 0 bridgehead atoms. The number of carbonyl (C=O) groups is 1. The summed E-state index contributed by atoms with van der Waals surface area (Å²) in [5, 5.41) is 8.69. The molecule has 14 heavy (non-hydrogen) atoms. The summed E-state index contributed by atoms with van der Waals surface area (Å²) in [5.74, 6) is -0.231. The van der Waals surface area contributed by atoms with Crippen LogP contribution >= 0.6 is 0 Å². The molecule has 0 N–H and O–H groups in total. The predicted octanol–water partition coefficient (Wildman–Crippen LogP) is 1.31. The average molecular weight is 192 g/mol. The van der Waals surface area contributed by atoms with Crippen LogP contribution in [0.15, 0.2) is 18.3 Å². The fourth-order valence-corrected chi connectivity index (χ4v) is 1.16. The smallest absolute Gasteiger partial charge is 0.307 e. The molecule has 0 atom stereocenters. The number of aryl methyl sites for hydroxylation is 1. The Balaban J connectivity index is 2.46. The number of carbonyl (C=O) groups excluding carboxylic acids is 1. The molecule has 4 nitrogen and oxygen atoms in total. The molecule has 0 saturated heterocycles. The van der Waals surface area contributed by atoms with Crippen LogP contribution < -0.4 is 0 Å². The minimum Gasteiger partial charge on any atom is -0.466 e. The van der Waals surface area contributed by atoms with Gasteiger partial charge in [0.25, 0.3) is 0 Å². The Morgan fingerprint density at radius 3 is 3.14 bits per heavy atom. The molecule has 4 heteroatoms. The lowest BCUT2D eigenvalue weighted by atomic mass is 10.4. The van der Waals surface area contributed by atoms with E-state index >= 15 is 0 Å². The fraction of sp³-hybridized carbons (Fsp3) is 0.400. The van der Waals surface area contributed by atoms with Gasteiger partial charge in [0.2, 0.25) is 0 Å². The van der Waals surface area contributed by atoms with Crippen molar-refractivity contribution in [2.75, 3.05) is 6.61 Å². The highest BCUT2D eigenvalue weighted by molar-refractivity contribution is 5.69. The summed E-state index contributed by atoms with van der Waals surface area (Å²) in [6.07, 6.45) is 2.08. The Hall–Kier alpha value is -1.76. The molecule has 0 aliphatic carbocycles. The monoisotopic (exact) mass is 192 g/mol. The summed E-state index contributed by atoms with van der Waals surface area (Å²) in [6.45, 7) is 2.67. The molecule has 0 aliphatic rings. The Bertz CT molecular complexity index is 349. The quantitative estimate of drug-likeness (QED) is 0.676. The van der Waals surface area contributed by atoms with E-state index in [2.05, 4.69) is 0 Å². The number of esters is 1. The Kier molecular flexibility index (Phi) is 3.74. The van der Waals surface area contributed by atoms with E-state index in [1.165, 1.54) is 0 Å². The highest BCUT2D eigenvalue weighted by Crippen LogP contribution is 2.02. The number of rotatable bonds is 4. The average Bonchev–Trinajstić information content (AvgIpc) is 2.62. The molecule has 0 radical (unpaired) electrons. The van der Waals surface area contributed by atoms with Gasteiger partial charge in [-0.05, 0) is 19.1 Å². The van der Waals surface area contributed by atoms with Gasteiger partial charge in [-0.2, -0.15) is 5.26 Å². The van der Waals surface area contributed by atoms with E-state index in [0.717, 1.165) is 0 Å². The summed E-state index contributed by atoms with van der Waals surface area (Å²) >= 11 is 0. The number of aromatic nitrogens is 1. The van der Waals surface area contributed by atoms with E-state index in [4.69, 9.17) is 10.00 Å². The lowest BCUT2D eigenvalue weighted by Crippen LogP contribution is -2.09. The third kappa shape index (κ3) is 2.63. The minimum atomic E-state index is -0.231. The molecule has 0 aliphatic heterocycles. The summed E-state index contributed by atoms with van der Waals surface area (Å²) in [4.78, 5) is 11.0. The molecule has 74 valence electrons. The normalized spacial score (nSPS) is 9.43. The van der Waals surface area contributed by atoms with Gasteiger partial charge in [0.1, 0.15) is 11.8 Å². The number of hydrogen-bond donors (Lipinski definition) is 0. The van der Waals surface area contributed by atoms with Crippen molar-refractivity contribution in [3.63, 3.8) is 0 Å². The van der Waals surface area contributed by atoms with Crippen LogP contribution in [0.25, 0.3) is 0 Å². The van der Waals surface area contributed by atoms with Crippen LogP contribution in [0.5, 0.6) is 0 Å². The molecule has 0 saturated carbocycles. The van der Waals surface area contributed by atoms with Crippen molar-refractivity contribution in [3.05, 3.63) is 24.0 Å². The zero-order valence-corrected chi connectivity index (χ0v) is 8.06. The van der Waals surface area contributed by atoms with Crippen LogP contribution in [0.2, 0.25) is 0 Å². The maximum atomic E-state index is 11.0. The number of nitrogens with zero attached hydrogens (tertiary/aromatic N) is 2. The van der Waals surface area contributed by atoms with Gasteiger partial charge < -0.3 is 9.30 Å². The molecule has 0 amide bonds. The lowest BCUT2D eigenvalue weighted by molar-refractivity contribution is -0.143. The minimum absolute atomic E-state index is 0.231. The standard InChI is InChI=1S/C10H12N2O2/c1-2-14-10(13)5-7-12-6-3-4-9(12)8-11/h3-4,6H,2,5,7H2,1H3. The summed E-state index contributed by atoms with van der Waals surface area (Å²) in [5.41, 5.74) is 0.564. The van der Waals surface area contributed by atoms with Crippen molar-refractivity contribution in [2.24, 2.45) is 0 Å². The van der Waals surface area contributed by atoms with Crippen molar-refractivity contribution in [1.29, 1.82) is 5.26 Å². The number of nitriles is 1. The van der Waals surface area contributed by atoms with Crippen molar-refractivity contribution in [3.8, 4) is 6.07 Å². The van der Waals surface area contributed by atoms with Gasteiger partial charge in [-0.3, -0.25) is 4.79 Å². The molecular weight excluding hydrogens is 180 g/mol. The van der Waals surface area contributed by atoms with Crippen LogP contribution in [0.1, 0.15) is 19.0 Å². The molecule has 1 aromatic rings. The molecule has 0 aromatic carbocycles. The van der Waals surface area contributed by atoms with E-state index in [0.29, 0.717) is 25.3 Å². The van der Waals surface area contributed by atoms with Crippen LogP contribution in [0.4, 0.5) is 0 Å². The predicted molar refractivity (Wildman–Crippen MR) is 50.4 cm³/mol. The van der Waals surface area contributed by atoms with Crippen LogP contribution in [-0.4, -0.2) is 17.1 Å². The van der Waals surface area contributed by atoms with Crippen molar-refractivity contribution >= 4 is 5.97 Å². The molecule has 0 fully saturated rings. The topological polar surface area (TPSA) is 55.0 Å². The zero-order chi connectivity index (χ0) is 10.4. The molecule has 0 unspecified atom stereocenters. The summed E-state index contributed by atoms with van der Waals surface area (Å²) in [6, 6.07) is 5.54. The molecule has 0 spiro atoms. The van der Waals surface area contributed by atoms with Crippen LogP contribution in [0.3, 0.4) is 0 Å². The van der Waals surface area contributed by atoms with Gasteiger partial charge in [0.15, 0.2) is 0 Å². The van der Waals surface area contributed by atoms with Crippen LogP contribution in [0, 0.1) is 11.3 Å². The maximum absolute atomic E-state index is 11.0. The van der Waals surface area contributed by atoms with E-state index in [9.17, 15) is 4.79 Å². The third-order valence-electron chi connectivity index (χ3n) is 1.81. The van der Waals surface area contributed by atoms with Crippen molar-refractivity contribution in [2.45, 2.75) is 19.9 Å². The third-order valence-corrected chi connectivity index (χ3v) is 1.81. The summed E-state index contributed by atoms with van der Waals surface area (Å²) in [7, 11) is 0. The number of hydrogen-bond acceptors (Lipinski definition) is 3. The SMILES string of the molecule is CCOC(=O)CCn1cccc1C#N. The first-order valence-electron chi connectivity index (χ1n) is 4.48. The second-order valence-corrected chi connectivity index (χ2v) is 2.75. The Morgan fingerprint density at radius 2 is 2.50 bits per heavy atom. The van der Waals surface area contributed by atoms with Crippen molar-refractivity contribution in [1.82, 2.24) is 4.57 Å². The molecule has 1 heterocycles. The molecule has 1 aromatic heterocycles. The molecule has 1 rings (SSSR count). The Morgan fingerprint density at radius 1 is 1.71 bits per heavy atom. The van der Waals surface area contributed by atoms with Crippen LogP contribution in [-0.2, 0) is 16.1 Å². The maximum Gasteiger partial charge on any atom is 0.307 e. The zero-order valence-electron chi connectivity index (χ0n) is 8.06. The second-order valence-electron chi connectivity index (χ2n) is 2.75. The van der Waals surface area contributed by atoms with Gasteiger partial charge in [0.05, 0.1) is 13.0 Å². The first kappa shape index (κ1) is 10.3. The van der Waals surface area contributed by atoms with Gasteiger partial charge in [0, 0.05) is 12.7 Å². The lowest BCUT2D eigenvalue weighted by Gasteiger charge is -2.03. The van der Waals surface area contributed by atoms with E-state index in [1.807, 2.05) is 6.07 Å². The number of ether oxygens (including phenoxy) is 1. The van der Waals surface area contributed by atoms with Gasteiger partial charge >= 0.3 is 5.97 Å². The highest BCUT2D eigenvalue weighted by atomic mass is 16.5. The summed E-state index contributed by atoms with van der Waals surface area (Å²) < 4.78 is 6.51. The van der Waals surface area contributed by atoms with Crippen molar-refractivity contribution < 1.29 is 9.53 Å². The Labute approximate surface area is 82.7 Å². The first-order valence-corrected chi connectivity index (χ1v) is 4.48. The largest absolute Gasteiger partial charge is 0.466 e. The molecular formula is C10H12N2O2. The first-order chi connectivity index (χ1) is 6.77. The van der Waals surface area contributed by atoms with Gasteiger partial charge in [-0.15, -0.1) is 0 Å². The van der Waals surface area contributed by atoms with E-state index in [-0.39, 0.29) is 5.97 Å². The second kappa shape index (κ2) is 5.07. The van der Waals surface area contributed by atoms with E-state index < -0.39 is 0 Å². The van der Waals surface area contributed by atoms with Gasteiger partial charge in [-0.25, -0.2) is 0 Å². The fourth-order valence-electron chi connectivity index (χ4n) is 1.16. The van der Waals surface area contributed by atoms with Gasteiger partial charge in [-0.1, -0.05) is 0 Å². The highest BCUT2D eigenvalue weighted by Gasteiger charge is 2.04.